The Morgan fingerprint density at radius 2 is 1.29 bits per heavy atom. The van der Waals surface area contributed by atoms with E-state index < -0.39 is 0 Å². The van der Waals surface area contributed by atoms with E-state index in [2.05, 4.69) is 13.8 Å². The van der Waals surface area contributed by atoms with Crippen LogP contribution in [0.4, 0.5) is 0 Å². The Morgan fingerprint density at radius 3 is 1.76 bits per heavy atom. The third-order valence-corrected chi connectivity index (χ3v) is 5.65. The summed E-state index contributed by atoms with van der Waals surface area (Å²) < 4.78 is 5.81. The molecule has 2 rings (SSSR count). The molecule has 21 heavy (non-hydrogen) atoms. The highest BCUT2D eigenvalue weighted by Gasteiger charge is 2.30. The number of esters is 1. The van der Waals surface area contributed by atoms with Gasteiger partial charge in [0.1, 0.15) is 6.10 Å². The van der Waals surface area contributed by atoms with Gasteiger partial charge >= 0.3 is 5.97 Å². The van der Waals surface area contributed by atoms with Gasteiger partial charge in [-0.2, -0.15) is 0 Å². The van der Waals surface area contributed by atoms with E-state index in [1.54, 1.807) is 0 Å². The summed E-state index contributed by atoms with van der Waals surface area (Å²) in [7, 11) is 0. The van der Waals surface area contributed by atoms with Crippen molar-refractivity contribution in [2.75, 3.05) is 0 Å². The second-order valence-electron chi connectivity index (χ2n) is 7.37. The van der Waals surface area contributed by atoms with Crippen LogP contribution in [0.25, 0.3) is 0 Å². The van der Waals surface area contributed by atoms with Gasteiger partial charge in [0.2, 0.25) is 0 Å². The van der Waals surface area contributed by atoms with Crippen molar-refractivity contribution in [3.8, 4) is 0 Å². The van der Waals surface area contributed by atoms with Crippen molar-refractivity contribution in [2.45, 2.75) is 97.0 Å². The molecule has 0 aromatic rings. The van der Waals surface area contributed by atoms with Gasteiger partial charge in [0.15, 0.2) is 0 Å². The minimum Gasteiger partial charge on any atom is -0.462 e. The van der Waals surface area contributed by atoms with Crippen molar-refractivity contribution >= 4 is 5.97 Å². The molecule has 2 saturated carbocycles. The fourth-order valence-corrected chi connectivity index (χ4v) is 4.30. The summed E-state index contributed by atoms with van der Waals surface area (Å²) in [4.78, 5) is 12.3. The average Bonchev–Trinajstić information content (AvgIpc) is 2.50. The summed E-state index contributed by atoms with van der Waals surface area (Å²) in [5.74, 6) is 2.06. The van der Waals surface area contributed by atoms with E-state index >= 15 is 0 Å². The van der Waals surface area contributed by atoms with E-state index in [4.69, 9.17) is 4.74 Å². The SMILES string of the molecule is CCCC1CCC(OC(=O)C2CCC(CCC)CC2)CC1. The Morgan fingerprint density at radius 1 is 0.810 bits per heavy atom. The van der Waals surface area contributed by atoms with Gasteiger partial charge in [-0.1, -0.05) is 39.5 Å². The lowest BCUT2D eigenvalue weighted by Gasteiger charge is -2.31. The molecule has 0 spiro atoms. The van der Waals surface area contributed by atoms with Gasteiger partial charge in [-0.15, -0.1) is 0 Å². The molecule has 2 heteroatoms. The van der Waals surface area contributed by atoms with E-state index in [-0.39, 0.29) is 18.0 Å². The van der Waals surface area contributed by atoms with Gasteiger partial charge < -0.3 is 4.74 Å². The zero-order valence-corrected chi connectivity index (χ0v) is 14.1. The lowest BCUT2D eigenvalue weighted by molar-refractivity contribution is -0.157. The van der Waals surface area contributed by atoms with Crippen LogP contribution in [0.2, 0.25) is 0 Å². The largest absolute Gasteiger partial charge is 0.462 e. The lowest BCUT2D eigenvalue weighted by atomic mass is 9.80. The topological polar surface area (TPSA) is 26.3 Å². The molecular weight excluding hydrogens is 260 g/mol. The molecule has 2 aliphatic rings. The first kappa shape index (κ1) is 16.8. The molecule has 2 aliphatic carbocycles. The molecule has 0 N–H and O–H groups in total. The summed E-state index contributed by atoms with van der Waals surface area (Å²) in [6.45, 7) is 4.52. The summed E-state index contributed by atoms with van der Waals surface area (Å²) in [6.07, 6.45) is 14.8. The van der Waals surface area contributed by atoms with Crippen LogP contribution in [0, 0.1) is 17.8 Å². The molecule has 0 unspecified atom stereocenters. The van der Waals surface area contributed by atoms with E-state index in [1.807, 2.05) is 0 Å². The number of hydrogen-bond acceptors (Lipinski definition) is 2. The third-order valence-electron chi connectivity index (χ3n) is 5.65. The van der Waals surface area contributed by atoms with Crippen LogP contribution in [0.5, 0.6) is 0 Å². The van der Waals surface area contributed by atoms with Crippen LogP contribution >= 0.6 is 0 Å². The van der Waals surface area contributed by atoms with Gasteiger partial charge in [-0.25, -0.2) is 0 Å². The predicted molar refractivity (Wildman–Crippen MR) is 87.1 cm³/mol. The first-order chi connectivity index (χ1) is 10.2. The number of hydrogen-bond donors (Lipinski definition) is 0. The summed E-state index contributed by atoms with van der Waals surface area (Å²) in [5.41, 5.74) is 0. The van der Waals surface area contributed by atoms with Crippen molar-refractivity contribution in [3.05, 3.63) is 0 Å². The fraction of sp³-hybridized carbons (Fsp3) is 0.947. The summed E-state index contributed by atoms with van der Waals surface area (Å²) >= 11 is 0. The zero-order chi connectivity index (χ0) is 15.1. The standard InChI is InChI=1S/C19H34O2/c1-3-5-15-7-11-17(12-8-15)19(20)21-18-13-9-16(6-4-2)10-14-18/h15-18H,3-14H2,1-2H3. The van der Waals surface area contributed by atoms with Crippen molar-refractivity contribution in [2.24, 2.45) is 17.8 Å². The molecule has 122 valence electrons. The number of carbonyl (C=O) groups excluding carboxylic acids is 1. The summed E-state index contributed by atoms with van der Waals surface area (Å²) in [6, 6.07) is 0. The molecule has 0 aliphatic heterocycles. The third kappa shape index (κ3) is 5.30. The molecule has 0 atom stereocenters. The van der Waals surface area contributed by atoms with Gasteiger partial charge in [0.25, 0.3) is 0 Å². The minimum atomic E-state index is 0.115. The smallest absolute Gasteiger partial charge is 0.309 e. The minimum absolute atomic E-state index is 0.115. The Hall–Kier alpha value is -0.530. The van der Waals surface area contributed by atoms with Crippen molar-refractivity contribution < 1.29 is 9.53 Å². The number of rotatable bonds is 6. The molecule has 0 saturated heterocycles. The maximum absolute atomic E-state index is 12.3. The highest BCUT2D eigenvalue weighted by Crippen LogP contribution is 2.34. The first-order valence-electron chi connectivity index (χ1n) is 9.43. The van der Waals surface area contributed by atoms with Crippen LogP contribution in [-0.2, 0) is 9.53 Å². The van der Waals surface area contributed by atoms with Crippen molar-refractivity contribution in [1.29, 1.82) is 0 Å². The van der Waals surface area contributed by atoms with E-state index in [9.17, 15) is 4.79 Å². The second-order valence-corrected chi connectivity index (χ2v) is 7.37. The maximum Gasteiger partial charge on any atom is 0.309 e. The molecular formula is C19H34O2. The Labute approximate surface area is 131 Å². The van der Waals surface area contributed by atoms with Crippen LogP contribution in [0.1, 0.15) is 90.9 Å². The molecule has 0 bridgehead atoms. The highest BCUT2D eigenvalue weighted by atomic mass is 16.5. The monoisotopic (exact) mass is 294 g/mol. The average molecular weight is 294 g/mol. The Balaban J connectivity index is 1.66. The molecule has 0 aromatic carbocycles. The van der Waals surface area contributed by atoms with Gasteiger partial charge in [-0.05, 0) is 63.2 Å². The normalized spacial score (nSPS) is 33.6. The molecule has 2 fully saturated rings. The maximum atomic E-state index is 12.3. The fourth-order valence-electron chi connectivity index (χ4n) is 4.30. The highest BCUT2D eigenvalue weighted by molar-refractivity contribution is 5.72. The van der Waals surface area contributed by atoms with E-state index in [0.717, 1.165) is 37.5 Å². The molecule has 0 aromatic heterocycles. The summed E-state index contributed by atoms with van der Waals surface area (Å²) in [5, 5.41) is 0. The van der Waals surface area contributed by atoms with Crippen LogP contribution < -0.4 is 0 Å². The molecule has 2 nitrogen and oxygen atoms in total. The zero-order valence-electron chi connectivity index (χ0n) is 14.1. The molecule has 0 amide bonds. The van der Waals surface area contributed by atoms with Crippen molar-refractivity contribution in [1.82, 2.24) is 0 Å². The van der Waals surface area contributed by atoms with Gasteiger partial charge in [0.05, 0.1) is 5.92 Å². The Bertz CT molecular complexity index is 297. The predicted octanol–water partition coefficient (Wildman–Crippen LogP) is 5.50. The van der Waals surface area contributed by atoms with Crippen LogP contribution in [0.3, 0.4) is 0 Å². The molecule has 0 radical (unpaired) electrons. The Kier molecular flexibility index (Phi) is 7.06. The van der Waals surface area contributed by atoms with Gasteiger partial charge in [-0.3, -0.25) is 4.79 Å². The lowest BCUT2D eigenvalue weighted by Crippen LogP contribution is -2.30. The van der Waals surface area contributed by atoms with Crippen molar-refractivity contribution in [3.63, 3.8) is 0 Å². The molecule has 0 heterocycles. The second kappa shape index (κ2) is 8.80. The quantitative estimate of drug-likeness (QED) is 0.605. The van der Waals surface area contributed by atoms with E-state index in [1.165, 1.54) is 51.4 Å². The van der Waals surface area contributed by atoms with Crippen LogP contribution in [0.15, 0.2) is 0 Å². The first-order valence-corrected chi connectivity index (χ1v) is 9.43. The van der Waals surface area contributed by atoms with Crippen LogP contribution in [-0.4, -0.2) is 12.1 Å². The van der Waals surface area contributed by atoms with Gasteiger partial charge in [0, 0.05) is 0 Å². The number of carbonyl (C=O) groups is 1. The van der Waals surface area contributed by atoms with E-state index in [0.29, 0.717) is 0 Å². The number of ether oxygens (including phenoxy) is 1.